The molecule has 1 atom stereocenters. The highest BCUT2D eigenvalue weighted by molar-refractivity contribution is 7.11. The lowest BCUT2D eigenvalue weighted by atomic mass is 10.2. The van der Waals surface area contributed by atoms with Gasteiger partial charge in [-0.2, -0.15) is 0 Å². The average Bonchev–Trinajstić information content (AvgIpc) is 2.89. The Balaban J connectivity index is 1.79. The van der Waals surface area contributed by atoms with Crippen LogP contribution >= 0.6 is 11.3 Å². The fraction of sp³-hybridized carbons (Fsp3) is 0.429. The molecule has 2 aromatic heterocycles. The topological polar surface area (TPSA) is 37.8 Å². The van der Waals surface area contributed by atoms with Crippen LogP contribution in [0, 0.1) is 0 Å². The highest BCUT2D eigenvalue weighted by Crippen LogP contribution is 2.19. The van der Waals surface area contributed by atoms with Gasteiger partial charge in [0.1, 0.15) is 5.01 Å². The molecule has 0 amide bonds. The number of nitrogens with one attached hydrogen (secondary N) is 1. The van der Waals surface area contributed by atoms with Gasteiger partial charge in [-0.1, -0.05) is 13.0 Å². The molecule has 0 aliphatic carbocycles. The van der Waals surface area contributed by atoms with Crippen LogP contribution in [0.5, 0.6) is 0 Å². The number of rotatable bonds is 6. The smallest absolute Gasteiger partial charge is 0.109 e. The second-order valence-electron chi connectivity index (χ2n) is 4.31. The molecule has 2 heterocycles. The van der Waals surface area contributed by atoms with Gasteiger partial charge in [0.05, 0.1) is 6.04 Å². The zero-order valence-corrected chi connectivity index (χ0v) is 11.7. The minimum absolute atomic E-state index is 0.326. The van der Waals surface area contributed by atoms with Crippen molar-refractivity contribution in [3.8, 4) is 0 Å². The number of thiazole rings is 1. The van der Waals surface area contributed by atoms with E-state index in [9.17, 15) is 0 Å². The first kappa shape index (κ1) is 13.2. The summed E-state index contributed by atoms with van der Waals surface area (Å²) < 4.78 is 0. The van der Waals surface area contributed by atoms with Gasteiger partial charge < -0.3 is 5.32 Å². The van der Waals surface area contributed by atoms with Gasteiger partial charge in [0.2, 0.25) is 0 Å². The third-order valence-corrected chi connectivity index (χ3v) is 4.20. The molecule has 0 fully saturated rings. The van der Waals surface area contributed by atoms with Gasteiger partial charge in [-0.25, -0.2) is 4.98 Å². The Labute approximate surface area is 112 Å². The lowest BCUT2D eigenvalue weighted by molar-refractivity contribution is 0.574. The lowest BCUT2D eigenvalue weighted by Crippen LogP contribution is -2.21. The first-order valence-corrected chi connectivity index (χ1v) is 7.18. The quantitative estimate of drug-likeness (QED) is 0.868. The Kier molecular flexibility index (Phi) is 4.84. The summed E-state index contributed by atoms with van der Waals surface area (Å²) in [6.07, 6.45) is 7.79. The first-order valence-electron chi connectivity index (χ1n) is 6.36. The highest BCUT2D eigenvalue weighted by atomic mass is 32.1. The molecule has 0 spiro atoms. The van der Waals surface area contributed by atoms with Crippen LogP contribution in [0.3, 0.4) is 0 Å². The fourth-order valence-corrected chi connectivity index (χ4v) is 2.64. The lowest BCUT2D eigenvalue weighted by Gasteiger charge is -2.10. The Morgan fingerprint density at radius 2 is 2.28 bits per heavy atom. The number of pyridine rings is 1. The van der Waals surface area contributed by atoms with Crippen molar-refractivity contribution in [2.24, 2.45) is 0 Å². The minimum Gasteiger partial charge on any atom is -0.308 e. The Morgan fingerprint density at radius 3 is 2.94 bits per heavy atom. The third-order valence-electron chi connectivity index (χ3n) is 2.88. The molecule has 0 saturated carbocycles. The van der Waals surface area contributed by atoms with E-state index in [1.54, 1.807) is 17.5 Å². The largest absolute Gasteiger partial charge is 0.308 e. The summed E-state index contributed by atoms with van der Waals surface area (Å²) in [5.74, 6) is 0. The monoisotopic (exact) mass is 261 g/mol. The number of hydrogen-bond acceptors (Lipinski definition) is 4. The zero-order chi connectivity index (χ0) is 12.8. The second kappa shape index (κ2) is 6.61. The molecule has 0 aliphatic heterocycles. The van der Waals surface area contributed by atoms with Crippen molar-refractivity contribution in [2.45, 2.75) is 32.7 Å². The summed E-state index contributed by atoms with van der Waals surface area (Å²) in [5, 5.41) is 4.68. The molecule has 2 aromatic rings. The van der Waals surface area contributed by atoms with Crippen LogP contribution < -0.4 is 5.32 Å². The zero-order valence-electron chi connectivity index (χ0n) is 10.9. The van der Waals surface area contributed by atoms with Gasteiger partial charge in [-0.3, -0.25) is 4.98 Å². The maximum absolute atomic E-state index is 4.46. The van der Waals surface area contributed by atoms with Gasteiger partial charge in [-0.15, -0.1) is 11.3 Å². The van der Waals surface area contributed by atoms with E-state index in [1.165, 1.54) is 15.4 Å². The van der Waals surface area contributed by atoms with Gasteiger partial charge in [0.25, 0.3) is 0 Å². The number of nitrogens with zero attached hydrogens (tertiary/aromatic N) is 2. The molecule has 1 unspecified atom stereocenters. The molecular weight excluding hydrogens is 242 g/mol. The predicted octanol–water partition coefficient (Wildman–Crippen LogP) is 2.99. The molecular formula is C14H19N3S. The molecule has 0 bridgehead atoms. The first-order chi connectivity index (χ1) is 8.79. The van der Waals surface area contributed by atoms with E-state index in [0.717, 1.165) is 19.4 Å². The van der Waals surface area contributed by atoms with E-state index >= 15 is 0 Å². The molecule has 2 rings (SSSR count). The third kappa shape index (κ3) is 3.62. The van der Waals surface area contributed by atoms with Crippen molar-refractivity contribution in [1.29, 1.82) is 0 Å². The van der Waals surface area contributed by atoms with Crippen LogP contribution in [0.25, 0.3) is 0 Å². The summed E-state index contributed by atoms with van der Waals surface area (Å²) >= 11 is 1.80. The maximum Gasteiger partial charge on any atom is 0.109 e. The Morgan fingerprint density at radius 1 is 1.39 bits per heavy atom. The van der Waals surface area contributed by atoms with E-state index in [2.05, 4.69) is 35.2 Å². The van der Waals surface area contributed by atoms with E-state index < -0.39 is 0 Å². The average molecular weight is 261 g/mol. The molecule has 0 saturated heterocycles. The second-order valence-corrected chi connectivity index (χ2v) is 5.45. The van der Waals surface area contributed by atoms with Crippen LogP contribution in [0.15, 0.2) is 30.7 Å². The van der Waals surface area contributed by atoms with Gasteiger partial charge >= 0.3 is 0 Å². The molecule has 4 heteroatoms. The van der Waals surface area contributed by atoms with Crippen LogP contribution in [0.4, 0.5) is 0 Å². The SMILES string of the molecule is CCc1cnc(C(C)NCCc2cccnc2)s1. The Bertz CT molecular complexity index is 467. The van der Waals surface area contributed by atoms with Gasteiger partial charge in [0.15, 0.2) is 0 Å². The van der Waals surface area contributed by atoms with Crippen LogP contribution in [0.1, 0.15) is 35.3 Å². The van der Waals surface area contributed by atoms with Crippen molar-refractivity contribution in [1.82, 2.24) is 15.3 Å². The summed E-state index contributed by atoms with van der Waals surface area (Å²) in [6, 6.07) is 4.41. The summed E-state index contributed by atoms with van der Waals surface area (Å²) in [5.41, 5.74) is 1.27. The maximum atomic E-state index is 4.46. The molecule has 3 nitrogen and oxygen atoms in total. The van der Waals surface area contributed by atoms with E-state index in [0.29, 0.717) is 6.04 Å². The Hall–Kier alpha value is -1.26. The van der Waals surface area contributed by atoms with Gasteiger partial charge in [-0.05, 0) is 37.9 Å². The normalized spacial score (nSPS) is 12.6. The van der Waals surface area contributed by atoms with Crippen molar-refractivity contribution in [2.75, 3.05) is 6.54 Å². The molecule has 0 aromatic carbocycles. The summed E-state index contributed by atoms with van der Waals surface area (Å²) in [4.78, 5) is 9.93. The molecule has 0 radical (unpaired) electrons. The van der Waals surface area contributed by atoms with Crippen molar-refractivity contribution in [3.63, 3.8) is 0 Å². The summed E-state index contributed by atoms with van der Waals surface area (Å²) in [7, 11) is 0. The number of aryl methyl sites for hydroxylation is 1. The fourth-order valence-electron chi connectivity index (χ4n) is 1.75. The van der Waals surface area contributed by atoms with Crippen LogP contribution in [-0.2, 0) is 12.8 Å². The predicted molar refractivity (Wildman–Crippen MR) is 75.9 cm³/mol. The number of hydrogen-bond donors (Lipinski definition) is 1. The standard InChI is InChI=1S/C14H19N3S/c1-3-13-10-17-14(18-13)11(2)16-8-6-12-5-4-7-15-9-12/h4-5,7,9-11,16H,3,6,8H2,1-2H3. The van der Waals surface area contributed by atoms with E-state index in [-0.39, 0.29) is 0 Å². The van der Waals surface area contributed by atoms with Crippen molar-refractivity contribution < 1.29 is 0 Å². The van der Waals surface area contributed by atoms with Crippen LogP contribution in [-0.4, -0.2) is 16.5 Å². The summed E-state index contributed by atoms with van der Waals surface area (Å²) in [6.45, 7) is 5.28. The molecule has 0 aliphatic rings. The van der Waals surface area contributed by atoms with E-state index in [1.807, 2.05) is 18.5 Å². The van der Waals surface area contributed by atoms with Crippen molar-refractivity contribution in [3.05, 3.63) is 46.2 Å². The van der Waals surface area contributed by atoms with E-state index in [4.69, 9.17) is 0 Å². The number of aromatic nitrogens is 2. The molecule has 18 heavy (non-hydrogen) atoms. The van der Waals surface area contributed by atoms with Crippen molar-refractivity contribution >= 4 is 11.3 Å². The minimum atomic E-state index is 0.326. The molecule has 1 N–H and O–H groups in total. The highest BCUT2D eigenvalue weighted by Gasteiger charge is 2.08. The molecule has 96 valence electrons. The van der Waals surface area contributed by atoms with Crippen LogP contribution in [0.2, 0.25) is 0 Å². The van der Waals surface area contributed by atoms with Gasteiger partial charge in [0, 0.05) is 23.5 Å².